The van der Waals surface area contributed by atoms with Gasteiger partial charge in [0.25, 0.3) is 0 Å². The number of aromatic nitrogens is 3. The van der Waals surface area contributed by atoms with Crippen LogP contribution in [0.4, 0.5) is 10.1 Å². The average Bonchev–Trinajstić information content (AvgIpc) is 3.30. The summed E-state index contributed by atoms with van der Waals surface area (Å²) < 4.78 is 21.0. The molecule has 8 nitrogen and oxygen atoms in total. The number of benzene rings is 3. The monoisotopic (exact) mass is 561 g/mol. The highest BCUT2D eigenvalue weighted by molar-refractivity contribution is 7.99. The highest BCUT2D eigenvalue weighted by Crippen LogP contribution is 2.32. The van der Waals surface area contributed by atoms with Crippen LogP contribution in [0, 0.1) is 5.82 Å². The quantitative estimate of drug-likeness (QED) is 0.275. The SMILES string of the molecule is COc1ccc(N(C(=O)CSc2nnc(-c3ccccc3)n2C)[C@H](C(=O)NC(C)(C)C)c2ccc(F)cc2)cc1. The van der Waals surface area contributed by atoms with Crippen molar-refractivity contribution in [3.63, 3.8) is 0 Å². The molecule has 0 aliphatic rings. The van der Waals surface area contributed by atoms with Gasteiger partial charge in [-0.3, -0.25) is 14.5 Å². The van der Waals surface area contributed by atoms with E-state index in [2.05, 4.69) is 15.5 Å². The fourth-order valence-corrected chi connectivity index (χ4v) is 4.93. The number of thioether (sulfide) groups is 1. The molecule has 4 aromatic rings. The minimum Gasteiger partial charge on any atom is -0.497 e. The van der Waals surface area contributed by atoms with Crippen molar-refractivity contribution in [2.24, 2.45) is 7.05 Å². The second kappa shape index (κ2) is 12.3. The van der Waals surface area contributed by atoms with Crippen LogP contribution in [0.25, 0.3) is 11.4 Å². The Hall–Kier alpha value is -4.18. The molecule has 0 spiro atoms. The Morgan fingerprint density at radius 1 is 1.00 bits per heavy atom. The highest BCUT2D eigenvalue weighted by atomic mass is 32.2. The second-order valence-corrected chi connectivity index (χ2v) is 11.1. The molecular weight excluding hydrogens is 529 g/mol. The molecule has 2 amide bonds. The van der Waals surface area contributed by atoms with Gasteiger partial charge in [0.2, 0.25) is 11.8 Å². The third-order valence-electron chi connectivity index (χ3n) is 6.00. The lowest BCUT2D eigenvalue weighted by Gasteiger charge is -2.34. The summed E-state index contributed by atoms with van der Waals surface area (Å²) in [5, 5.41) is 12.1. The van der Waals surface area contributed by atoms with Gasteiger partial charge < -0.3 is 14.6 Å². The molecule has 208 valence electrons. The average molecular weight is 562 g/mol. The van der Waals surface area contributed by atoms with E-state index in [9.17, 15) is 14.0 Å². The Balaban J connectivity index is 1.70. The first-order valence-corrected chi connectivity index (χ1v) is 13.7. The molecular formula is C30H32FN5O3S. The maximum atomic E-state index is 14.0. The minimum atomic E-state index is -1.05. The number of nitrogens with zero attached hydrogens (tertiary/aromatic N) is 4. The molecule has 4 rings (SSSR count). The van der Waals surface area contributed by atoms with Crippen molar-refractivity contribution >= 4 is 29.3 Å². The van der Waals surface area contributed by atoms with Crippen molar-refractivity contribution in [3.05, 3.63) is 90.2 Å². The molecule has 0 aliphatic heterocycles. The molecule has 1 N–H and O–H groups in total. The number of nitrogens with one attached hydrogen (secondary N) is 1. The third kappa shape index (κ3) is 6.87. The summed E-state index contributed by atoms with van der Waals surface area (Å²) >= 11 is 1.22. The van der Waals surface area contributed by atoms with Crippen LogP contribution in [-0.2, 0) is 16.6 Å². The Bertz CT molecular complexity index is 1450. The van der Waals surface area contributed by atoms with Crippen LogP contribution in [0.3, 0.4) is 0 Å². The van der Waals surface area contributed by atoms with Crippen molar-refractivity contribution in [3.8, 4) is 17.1 Å². The molecule has 0 saturated carbocycles. The lowest BCUT2D eigenvalue weighted by atomic mass is 10.0. The topological polar surface area (TPSA) is 89.3 Å². The van der Waals surface area contributed by atoms with E-state index in [1.807, 2.05) is 62.7 Å². The highest BCUT2D eigenvalue weighted by Gasteiger charge is 2.34. The van der Waals surface area contributed by atoms with Gasteiger partial charge in [-0.2, -0.15) is 0 Å². The smallest absolute Gasteiger partial charge is 0.248 e. The van der Waals surface area contributed by atoms with Gasteiger partial charge in [-0.05, 0) is 62.7 Å². The summed E-state index contributed by atoms with van der Waals surface area (Å²) in [5.74, 6) is 0.101. The molecule has 0 saturated heterocycles. The number of methoxy groups -OCH3 is 1. The minimum absolute atomic E-state index is 0.0206. The maximum absolute atomic E-state index is 14.0. The molecule has 1 aromatic heterocycles. The van der Waals surface area contributed by atoms with Crippen molar-refractivity contribution in [1.82, 2.24) is 20.1 Å². The summed E-state index contributed by atoms with van der Waals surface area (Å²) in [6, 6.07) is 21.1. The second-order valence-electron chi connectivity index (χ2n) is 10.2. The number of anilines is 1. The first kappa shape index (κ1) is 28.8. The van der Waals surface area contributed by atoms with Gasteiger partial charge in [0.15, 0.2) is 11.0 Å². The van der Waals surface area contributed by atoms with E-state index in [-0.39, 0.29) is 11.7 Å². The molecule has 3 aromatic carbocycles. The van der Waals surface area contributed by atoms with Crippen molar-refractivity contribution in [1.29, 1.82) is 0 Å². The van der Waals surface area contributed by atoms with E-state index in [0.717, 1.165) is 5.56 Å². The van der Waals surface area contributed by atoms with Gasteiger partial charge in [0.1, 0.15) is 17.6 Å². The molecule has 0 bridgehead atoms. The van der Waals surface area contributed by atoms with E-state index in [1.165, 1.54) is 40.9 Å². The Labute approximate surface area is 237 Å². The lowest BCUT2D eigenvalue weighted by molar-refractivity contribution is -0.127. The van der Waals surface area contributed by atoms with Gasteiger partial charge >= 0.3 is 0 Å². The van der Waals surface area contributed by atoms with Crippen LogP contribution in [0.2, 0.25) is 0 Å². The number of amides is 2. The number of rotatable bonds is 9. The van der Waals surface area contributed by atoms with E-state index in [0.29, 0.717) is 28.0 Å². The third-order valence-corrected chi connectivity index (χ3v) is 7.01. The van der Waals surface area contributed by atoms with Gasteiger partial charge in [-0.25, -0.2) is 4.39 Å². The van der Waals surface area contributed by atoms with E-state index < -0.39 is 23.3 Å². The normalized spacial score (nSPS) is 12.1. The number of ether oxygens (including phenoxy) is 1. The number of hydrogen-bond donors (Lipinski definition) is 1. The van der Waals surface area contributed by atoms with Crippen molar-refractivity contribution in [2.75, 3.05) is 17.8 Å². The molecule has 0 unspecified atom stereocenters. The zero-order chi connectivity index (χ0) is 28.9. The van der Waals surface area contributed by atoms with Gasteiger partial charge in [-0.1, -0.05) is 54.2 Å². The number of carbonyl (C=O) groups excluding carboxylic acids is 2. The maximum Gasteiger partial charge on any atom is 0.248 e. The molecule has 0 radical (unpaired) electrons. The van der Waals surface area contributed by atoms with Crippen molar-refractivity contribution in [2.45, 2.75) is 37.5 Å². The zero-order valence-electron chi connectivity index (χ0n) is 23.1. The van der Waals surface area contributed by atoms with E-state index in [4.69, 9.17) is 4.74 Å². The summed E-state index contributed by atoms with van der Waals surface area (Å²) in [6.45, 7) is 5.58. The summed E-state index contributed by atoms with van der Waals surface area (Å²) in [7, 11) is 3.39. The van der Waals surface area contributed by atoms with Gasteiger partial charge in [0, 0.05) is 23.8 Å². The van der Waals surface area contributed by atoms with E-state index >= 15 is 0 Å². The molecule has 10 heteroatoms. The van der Waals surface area contributed by atoms with Gasteiger partial charge in [-0.15, -0.1) is 10.2 Å². The first-order valence-electron chi connectivity index (χ1n) is 12.7. The summed E-state index contributed by atoms with van der Waals surface area (Å²) in [4.78, 5) is 29.1. The van der Waals surface area contributed by atoms with Crippen LogP contribution in [0.15, 0.2) is 84.0 Å². The standard InChI is InChI=1S/C30H32FN5O3S/c1-30(2,3)32-28(38)26(20-11-13-22(31)14-12-20)36(23-15-17-24(39-5)18-16-23)25(37)19-40-29-34-33-27(35(29)4)21-9-7-6-8-10-21/h6-18,26H,19H2,1-5H3,(H,32,38)/t26-/m0/s1. The lowest BCUT2D eigenvalue weighted by Crippen LogP contribution is -2.50. The number of carbonyl (C=O) groups is 2. The first-order chi connectivity index (χ1) is 19.1. The molecule has 40 heavy (non-hydrogen) atoms. The molecule has 1 heterocycles. The fourth-order valence-electron chi connectivity index (χ4n) is 4.16. The van der Waals surface area contributed by atoms with Crippen LogP contribution >= 0.6 is 11.8 Å². The molecule has 1 atom stereocenters. The van der Waals surface area contributed by atoms with Crippen LogP contribution < -0.4 is 15.0 Å². The van der Waals surface area contributed by atoms with Gasteiger partial charge in [0.05, 0.1) is 12.9 Å². The summed E-state index contributed by atoms with van der Waals surface area (Å²) in [5.41, 5.74) is 1.31. The largest absolute Gasteiger partial charge is 0.497 e. The Morgan fingerprint density at radius 2 is 1.65 bits per heavy atom. The van der Waals surface area contributed by atoms with E-state index in [1.54, 1.807) is 31.4 Å². The molecule has 0 fully saturated rings. The Morgan fingerprint density at radius 3 is 2.25 bits per heavy atom. The summed E-state index contributed by atoms with van der Waals surface area (Å²) in [6.07, 6.45) is 0. The predicted octanol–water partition coefficient (Wildman–Crippen LogP) is 5.41. The van der Waals surface area contributed by atoms with Crippen LogP contribution in [0.1, 0.15) is 32.4 Å². The van der Waals surface area contributed by atoms with Crippen molar-refractivity contribution < 1.29 is 18.7 Å². The fraction of sp³-hybridized carbons (Fsp3) is 0.267. The molecule has 0 aliphatic carbocycles. The predicted molar refractivity (Wildman–Crippen MR) is 155 cm³/mol. The number of hydrogen-bond acceptors (Lipinski definition) is 6. The number of halogens is 1. The zero-order valence-corrected chi connectivity index (χ0v) is 23.9. The Kier molecular flexibility index (Phi) is 8.89. The van der Waals surface area contributed by atoms with Crippen LogP contribution in [-0.4, -0.2) is 45.0 Å². The van der Waals surface area contributed by atoms with Crippen LogP contribution in [0.5, 0.6) is 5.75 Å².